The largest absolute Gasteiger partial charge is 1.00 e. The number of fused-ring (bicyclic) bond motifs is 1. The number of amides is 1. The Bertz CT molecular complexity index is 1380. The number of allylic oxidation sites excluding steroid dienone is 1. The van der Waals surface area contributed by atoms with Crippen LogP contribution in [-0.4, -0.2) is 125 Å². The fourth-order valence-electron chi connectivity index (χ4n) is 5.41. The molecule has 4 rings (SSSR count). The summed E-state index contributed by atoms with van der Waals surface area (Å²) in [7, 11) is 0. The van der Waals surface area contributed by atoms with E-state index in [4.69, 9.17) is 28.4 Å². The summed E-state index contributed by atoms with van der Waals surface area (Å²) in [5.41, 5.74) is 2.21. The molecule has 0 spiro atoms. The van der Waals surface area contributed by atoms with Gasteiger partial charge in [0.1, 0.15) is 0 Å². The topological polar surface area (TPSA) is 145 Å². The van der Waals surface area contributed by atoms with E-state index in [1.54, 1.807) is 17.1 Å². The van der Waals surface area contributed by atoms with E-state index in [-0.39, 0.29) is 98.3 Å². The third-order valence-corrected chi connectivity index (χ3v) is 7.94. The Morgan fingerprint density at radius 3 is 1.83 bits per heavy atom. The van der Waals surface area contributed by atoms with E-state index in [2.05, 4.69) is 0 Å². The van der Waals surface area contributed by atoms with Gasteiger partial charge in [0, 0.05) is 42.9 Å². The quantitative estimate of drug-likeness (QED) is 0.225. The van der Waals surface area contributed by atoms with Crippen LogP contribution in [-0.2, 0) is 38.6 Å². The van der Waals surface area contributed by atoms with Gasteiger partial charge in [-0.05, 0) is 25.5 Å². The number of carbonyl (C=O) groups excluding carboxylic acids is 1. The van der Waals surface area contributed by atoms with Crippen LogP contribution in [0.15, 0.2) is 48.5 Å². The Balaban J connectivity index is 0.00000625. The van der Waals surface area contributed by atoms with Gasteiger partial charge in [-0.25, -0.2) is 0 Å². The van der Waals surface area contributed by atoms with Crippen molar-refractivity contribution >= 4 is 29.1 Å². The second-order valence-corrected chi connectivity index (χ2v) is 11.5. The fraction of sp³-hybridized carbons (Fsp3) is 0.529. The molecule has 0 aliphatic carbocycles. The molecule has 0 saturated carbocycles. The number of hydrogen-bond donors (Lipinski definition) is 0. The Kier molecular flexibility index (Phi) is 18.3. The van der Waals surface area contributed by atoms with Crippen molar-refractivity contribution in [3.8, 4) is 5.75 Å². The first-order valence-electron chi connectivity index (χ1n) is 15.9. The number of nitro groups is 1. The van der Waals surface area contributed by atoms with Crippen molar-refractivity contribution in [2.24, 2.45) is 0 Å². The van der Waals surface area contributed by atoms with Crippen LogP contribution in [0.1, 0.15) is 25.0 Å². The van der Waals surface area contributed by atoms with Crippen molar-refractivity contribution in [1.82, 2.24) is 4.90 Å². The molecule has 2 aromatic rings. The zero-order valence-corrected chi connectivity index (χ0v) is 34.5. The van der Waals surface area contributed by atoms with Crippen LogP contribution < -0.4 is 74.0 Å². The molecule has 2 aliphatic rings. The molecule has 1 fully saturated rings. The number of non-ortho nitro benzene ring substituents is 1. The van der Waals surface area contributed by atoms with Gasteiger partial charge >= 0.3 is 68.9 Å². The van der Waals surface area contributed by atoms with Gasteiger partial charge in [-0.3, -0.25) is 14.9 Å². The normalized spacial score (nSPS) is 19.2. The number of nitro benzene ring substituents is 1. The minimum atomic E-state index is -0.530. The number of ether oxygens (including phenoxy) is 6. The number of nitrogens with zero attached hydrogens (tertiary/aromatic N) is 3. The molecular weight excluding hydrogens is 743 g/mol. The Hall–Kier alpha value is -1.67. The molecule has 1 saturated heterocycles. The first-order valence-corrected chi connectivity index (χ1v) is 15.9. The van der Waals surface area contributed by atoms with Crippen molar-refractivity contribution < 1.29 is 117 Å². The SMILES string of the molecule is CC1(C)C(/C=C/c2cc([N+](=O)[O-])ccc2[O-])=[N+](CC(=O)N2CCOCCOCCOCCOCCOCCOCC2)c2ccccc21.[Cs+]. The summed E-state index contributed by atoms with van der Waals surface area (Å²) >= 11 is 0. The molecule has 48 heavy (non-hydrogen) atoms. The van der Waals surface area contributed by atoms with E-state index < -0.39 is 10.3 Å². The predicted octanol–water partition coefficient (Wildman–Crippen LogP) is -0.296. The van der Waals surface area contributed by atoms with E-state index in [9.17, 15) is 20.0 Å². The minimum absolute atomic E-state index is 0. The molecule has 0 unspecified atom stereocenters. The summed E-state index contributed by atoms with van der Waals surface area (Å²) in [6.07, 6.45) is 3.36. The molecule has 2 aliphatic heterocycles. The zero-order chi connectivity index (χ0) is 33.5. The van der Waals surface area contributed by atoms with Crippen molar-refractivity contribution in [3.63, 3.8) is 0 Å². The van der Waals surface area contributed by atoms with Gasteiger partial charge in [-0.1, -0.05) is 24.3 Å². The maximum absolute atomic E-state index is 13.9. The monoisotopic (exact) mass is 788 g/mol. The summed E-state index contributed by atoms with van der Waals surface area (Å²) in [5.74, 6) is -0.457. The van der Waals surface area contributed by atoms with E-state index in [0.717, 1.165) is 17.0 Å². The van der Waals surface area contributed by atoms with Gasteiger partial charge in [0.05, 0.1) is 89.6 Å². The van der Waals surface area contributed by atoms with Gasteiger partial charge in [0.2, 0.25) is 12.2 Å². The van der Waals surface area contributed by atoms with Crippen molar-refractivity contribution in [2.45, 2.75) is 19.3 Å². The standard InChI is InChI=1S/C34H45N3O10.Cs/c1-34(2)29-5-3-4-6-30(29)36(32(34)10-7-27-25-28(37(40)41)8-9-31(27)38)26-33(39)35-11-13-42-15-17-44-19-21-46-23-24-47-22-20-45-18-16-43-14-12-35;/h3-10,25H,11-24,26H2,1-2H3;/q;+1. The van der Waals surface area contributed by atoms with Crippen LogP contribution in [0, 0.1) is 10.1 Å². The Labute approximate surface area is 340 Å². The van der Waals surface area contributed by atoms with Crippen LogP contribution in [0.5, 0.6) is 5.75 Å². The molecule has 0 atom stereocenters. The van der Waals surface area contributed by atoms with Gasteiger partial charge in [-0.2, -0.15) is 4.58 Å². The van der Waals surface area contributed by atoms with E-state index >= 15 is 0 Å². The molecular formula is C34H45CsN3O10+. The molecule has 14 heteroatoms. The molecule has 256 valence electrons. The third kappa shape index (κ3) is 12.3. The second kappa shape index (κ2) is 21.5. The number of para-hydroxylation sites is 1. The maximum Gasteiger partial charge on any atom is 1.00 e. The van der Waals surface area contributed by atoms with Gasteiger partial charge in [0.15, 0.2) is 5.71 Å². The summed E-state index contributed by atoms with van der Waals surface area (Å²) in [6.45, 7) is 9.89. The zero-order valence-electron chi connectivity index (χ0n) is 28.2. The number of carbonyl (C=O) groups is 1. The minimum Gasteiger partial charge on any atom is -0.872 e. The average Bonchev–Trinajstić information content (AvgIpc) is 3.26. The molecule has 0 aromatic heterocycles. The average molecular weight is 789 g/mol. The first kappa shape index (κ1) is 40.8. The number of hydrogen-bond acceptors (Lipinski definition) is 10. The molecule has 1 amide bonds. The summed E-state index contributed by atoms with van der Waals surface area (Å²) in [6, 6.07) is 11.5. The summed E-state index contributed by atoms with van der Waals surface area (Å²) < 4.78 is 35.6. The summed E-state index contributed by atoms with van der Waals surface area (Å²) in [5, 5.41) is 23.9. The first-order chi connectivity index (χ1) is 22.8. The maximum atomic E-state index is 13.9. The van der Waals surface area contributed by atoms with E-state index in [1.807, 2.05) is 42.7 Å². The van der Waals surface area contributed by atoms with Gasteiger partial charge < -0.3 is 38.4 Å². The second-order valence-electron chi connectivity index (χ2n) is 11.5. The van der Waals surface area contributed by atoms with Crippen molar-refractivity contribution in [1.29, 1.82) is 0 Å². The number of benzene rings is 2. The van der Waals surface area contributed by atoms with Gasteiger partial charge in [0.25, 0.3) is 11.6 Å². The molecule has 0 N–H and O–H groups in total. The molecule has 2 heterocycles. The van der Waals surface area contributed by atoms with Crippen LogP contribution in [0.3, 0.4) is 0 Å². The van der Waals surface area contributed by atoms with Crippen molar-refractivity contribution in [2.75, 3.05) is 98.9 Å². The molecule has 0 radical (unpaired) electrons. The van der Waals surface area contributed by atoms with Crippen molar-refractivity contribution in [3.05, 3.63) is 69.8 Å². The van der Waals surface area contributed by atoms with Crippen LogP contribution in [0.4, 0.5) is 11.4 Å². The molecule has 0 bridgehead atoms. The van der Waals surface area contributed by atoms with Crippen LogP contribution in [0.25, 0.3) is 6.08 Å². The van der Waals surface area contributed by atoms with E-state index in [1.165, 1.54) is 18.2 Å². The number of rotatable bonds is 5. The Morgan fingerprint density at radius 1 is 0.812 bits per heavy atom. The Morgan fingerprint density at radius 2 is 1.31 bits per heavy atom. The third-order valence-electron chi connectivity index (χ3n) is 7.94. The fourth-order valence-corrected chi connectivity index (χ4v) is 5.41. The predicted molar refractivity (Wildman–Crippen MR) is 172 cm³/mol. The van der Waals surface area contributed by atoms with Crippen LogP contribution >= 0.6 is 0 Å². The summed E-state index contributed by atoms with van der Waals surface area (Å²) in [4.78, 5) is 26.4. The molecule has 2 aromatic carbocycles. The van der Waals surface area contributed by atoms with Gasteiger partial charge in [-0.15, -0.1) is 5.75 Å². The van der Waals surface area contributed by atoms with Crippen LogP contribution in [0.2, 0.25) is 0 Å². The smallest absolute Gasteiger partial charge is 0.872 e. The van der Waals surface area contributed by atoms with E-state index in [0.29, 0.717) is 92.4 Å². The molecule has 13 nitrogen and oxygen atoms in total.